The number of carbonyl (C=O) groups excluding carboxylic acids is 2. The fourth-order valence-corrected chi connectivity index (χ4v) is 2.83. The molecule has 5 heteroatoms. The second-order valence-electron chi connectivity index (χ2n) is 5.96. The summed E-state index contributed by atoms with van der Waals surface area (Å²) in [4.78, 5) is 26.7. The molecule has 1 unspecified atom stereocenters. The van der Waals surface area contributed by atoms with Crippen LogP contribution in [0.2, 0.25) is 0 Å². The van der Waals surface area contributed by atoms with Crippen molar-refractivity contribution in [3.8, 4) is 0 Å². The predicted molar refractivity (Wildman–Crippen MR) is 77.0 cm³/mol. The van der Waals surface area contributed by atoms with Crippen molar-refractivity contribution in [3.63, 3.8) is 0 Å². The van der Waals surface area contributed by atoms with Crippen LogP contribution in [0.4, 0.5) is 4.39 Å². The third kappa shape index (κ3) is 3.30. The number of carbonyl (C=O) groups is 2. The van der Waals surface area contributed by atoms with Gasteiger partial charge in [-0.3, -0.25) is 14.0 Å². The quantitative estimate of drug-likeness (QED) is 0.780. The van der Waals surface area contributed by atoms with Crippen LogP contribution in [0.15, 0.2) is 0 Å². The summed E-state index contributed by atoms with van der Waals surface area (Å²) in [6.45, 7) is 7.70. The minimum Gasteiger partial charge on any atom is -0.340 e. The van der Waals surface area contributed by atoms with Crippen LogP contribution in [-0.4, -0.2) is 41.5 Å². The van der Waals surface area contributed by atoms with Gasteiger partial charge in [0.15, 0.2) is 0 Å². The minimum atomic E-state index is -0.805. The van der Waals surface area contributed by atoms with Crippen LogP contribution >= 0.6 is 0 Å². The normalized spacial score (nSPS) is 22.3. The van der Waals surface area contributed by atoms with Crippen molar-refractivity contribution < 1.29 is 14.0 Å². The van der Waals surface area contributed by atoms with Gasteiger partial charge in [-0.25, -0.2) is 0 Å². The molecule has 1 rings (SSSR count). The zero-order chi connectivity index (χ0) is 15.3. The second-order valence-corrected chi connectivity index (χ2v) is 5.96. The summed E-state index contributed by atoms with van der Waals surface area (Å²) in [6, 6.07) is -0.458. The number of piperazine rings is 1. The number of rotatable bonds is 7. The summed E-state index contributed by atoms with van der Waals surface area (Å²) in [5, 5.41) is 2.92. The molecule has 1 N–H and O–H groups in total. The van der Waals surface area contributed by atoms with Gasteiger partial charge in [-0.15, -0.1) is 0 Å². The van der Waals surface area contributed by atoms with Crippen molar-refractivity contribution in [1.82, 2.24) is 10.2 Å². The molecule has 1 aliphatic rings. The standard InChI is InChI=1S/C15H27FN2O2/c1-5-15(6-2)14(20)18(9-7-8-16)12(10-11(3)4)13(19)17-15/h11-12H,5-10H2,1-4H3,(H,17,19). The molecule has 0 aromatic rings. The SMILES string of the molecule is CCC1(CC)NC(=O)C(CC(C)C)N(CCCF)C1=O. The number of nitrogens with zero attached hydrogens (tertiary/aromatic N) is 1. The van der Waals surface area contributed by atoms with Crippen LogP contribution in [0.5, 0.6) is 0 Å². The monoisotopic (exact) mass is 286 g/mol. The van der Waals surface area contributed by atoms with Crippen LogP contribution in [0.25, 0.3) is 0 Å². The lowest BCUT2D eigenvalue weighted by Gasteiger charge is -2.46. The minimum absolute atomic E-state index is 0.0544. The third-order valence-electron chi connectivity index (χ3n) is 4.15. The highest BCUT2D eigenvalue weighted by Gasteiger charge is 2.48. The topological polar surface area (TPSA) is 49.4 Å². The Labute approximate surface area is 121 Å². The van der Waals surface area contributed by atoms with Gasteiger partial charge in [0.1, 0.15) is 11.6 Å². The fraction of sp³-hybridized carbons (Fsp3) is 0.867. The maximum Gasteiger partial charge on any atom is 0.248 e. The lowest BCUT2D eigenvalue weighted by atomic mass is 9.85. The first-order valence-corrected chi connectivity index (χ1v) is 7.60. The number of amides is 2. The Kier molecular flexibility index (Phi) is 5.96. The Morgan fingerprint density at radius 2 is 1.90 bits per heavy atom. The van der Waals surface area contributed by atoms with Crippen LogP contribution in [0.3, 0.4) is 0 Å². The van der Waals surface area contributed by atoms with Crippen molar-refractivity contribution in [1.29, 1.82) is 0 Å². The molecule has 1 fully saturated rings. The average molecular weight is 286 g/mol. The molecular formula is C15H27FN2O2. The largest absolute Gasteiger partial charge is 0.340 e. The highest BCUT2D eigenvalue weighted by molar-refractivity contribution is 5.99. The van der Waals surface area contributed by atoms with Gasteiger partial charge in [0.25, 0.3) is 0 Å². The van der Waals surface area contributed by atoms with E-state index in [2.05, 4.69) is 5.32 Å². The van der Waals surface area contributed by atoms with Gasteiger partial charge in [0, 0.05) is 6.54 Å². The first-order valence-electron chi connectivity index (χ1n) is 7.60. The maximum atomic E-state index is 12.7. The van der Waals surface area contributed by atoms with Gasteiger partial charge in [-0.05, 0) is 31.6 Å². The van der Waals surface area contributed by atoms with E-state index in [1.807, 2.05) is 27.7 Å². The van der Waals surface area contributed by atoms with E-state index in [0.717, 1.165) is 0 Å². The molecule has 0 aromatic carbocycles. The number of hydrogen-bond donors (Lipinski definition) is 1. The van der Waals surface area contributed by atoms with E-state index in [9.17, 15) is 14.0 Å². The van der Waals surface area contributed by atoms with Crippen molar-refractivity contribution in [2.45, 2.75) is 65.0 Å². The molecule has 0 saturated carbocycles. The highest BCUT2D eigenvalue weighted by atomic mass is 19.1. The second kappa shape index (κ2) is 7.04. The van der Waals surface area contributed by atoms with Crippen LogP contribution < -0.4 is 5.32 Å². The molecule has 0 radical (unpaired) electrons. The molecule has 1 atom stereocenters. The van der Waals surface area contributed by atoms with Gasteiger partial charge >= 0.3 is 0 Å². The van der Waals surface area contributed by atoms with Gasteiger partial charge in [0.05, 0.1) is 6.67 Å². The molecule has 116 valence electrons. The number of halogens is 1. The number of hydrogen-bond acceptors (Lipinski definition) is 2. The molecule has 1 saturated heterocycles. The van der Waals surface area contributed by atoms with Crippen molar-refractivity contribution in [2.24, 2.45) is 5.92 Å². The summed E-state index contributed by atoms with van der Waals surface area (Å²) >= 11 is 0. The molecule has 0 bridgehead atoms. The highest BCUT2D eigenvalue weighted by Crippen LogP contribution is 2.27. The fourth-order valence-electron chi connectivity index (χ4n) is 2.83. The smallest absolute Gasteiger partial charge is 0.248 e. The van der Waals surface area contributed by atoms with Crippen molar-refractivity contribution in [3.05, 3.63) is 0 Å². The lowest BCUT2D eigenvalue weighted by molar-refractivity contribution is -0.156. The summed E-state index contributed by atoms with van der Waals surface area (Å²) in [6.07, 6.45) is 2.04. The Balaban J connectivity index is 3.03. The van der Waals surface area contributed by atoms with Crippen LogP contribution in [-0.2, 0) is 9.59 Å². The zero-order valence-electron chi connectivity index (χ0n) is 13.0. The van der Waals surface area contributed by atoms with E-state index >= 15 is 0 Å². The maximum absolute atomic E-state index is 12.7. The first-order chi connectivity index (χ1) is 9.41. The Hall–Kier alpha value is -1.13. The molecular weight excluding hydrogens is 259 g/mol. The average Bonchev–Trinajstić information content (AvgIpc) is 2.42. The summed E-state index contributed by atoms with van der Waals surface area (Å²) in [5.74, 6) is 0.157. The Morgan fingerprint density at radius 3 is 2.35 bits per heavy atom. The van der Waals surface area contributed by atoms with Crippen LogP contribution in [0, 0.1) is 5.92 Å². The van der Waals surface area contributed by atoms with E-state index in [1.165, 1.54) is 0 Å². The summed E-state index contributed by atoms with van der Waals surface area (Å²) in [5.41, 5.74) is -0.805. The molecule has 2 amide bonds. The lowest BCUT2D eigenvalue weighted by Crippen LogP contribution is -2.70. The zero-order valence-corrected chi connectivity index (χ0v) is 13.0. The van der Waals surface area contributed by atoms with Gasteiger partial charge < -0.3 is 10.2 Å². The van der Waals surface area contributed by atoms with E-state index < -0.39 is 18.3 Å². The van der Waals surface area contributed by atoms with Crippen molar-refractivity contribution in [2.75, 3.05) is 13.2 Å². The molecule has 0 aliphatic carbocycles. The first kappa shape index (κ1) is 16.9. The molecule has 20 heavy (non-hydrogen) atoms. The van der Waals surface area contributed by atoms with E-state index in [1.54, 1.807) is 4.90 Å². The third-order valence-corrected chi connectivity index (χ3v) is 4.15. The van der Waals surface area contributed by atoms with E-state index in [-0.39, 0.29) is 18.2 Å². The van der Waals surface area contributed by atoms with Gasteiger partial charge in [-0.2, -0.15) is 0 Å². The molecule has 0 aromatic heterocycles. The molecule has 4 nitrogen and oxygen atoms in total. The molecule has 1 heterocycles. The van der Waals surface area contributed by atoms with E-state index in [4.69, 9.17) is 0 Å². The predicted octanol–water partition coefficient (Wildman–Crippen LogP) is 2.28. The van der Waals surface area contributed by atoms with Crippen LogP contribution in [0.1, 0.15) is 53.4 Å². The van der Waals surface area contributed by atoms with Gasteiger partial charge in [-0.1, -0.05) is 27.7 Å². The summed E-state index contributed by atoms with van der Waals surface area (Å²) in [7, 11) is 0. The Morgan fingerprint density at radius 1 is 1.30 bits per heavy atom. The number of nitrogens with one attached hydrogen (secondary N) is 1. The molecule has 0 spiro atoms. The number of alkyl halides is 1. The van der Waals surface area contributed by atoms with E-state index in [0.29, 0.717) is 31.7 Å². The van der Waals surface area contributed by atoms with Crippen molar-refractivity contribution >= 4 is 11.8 Å². The summed E-state index contributed by atoms with van der Waals surface area (Å²) < 4.78 is 12.5. The van der Waals surface area contributed by atoms with Gasteiger partial charge in [0.2, 0.25) is 11.8 Å². The Bertz CT molecular complexity index is 354. The molecule has 1 aliphatic heterocycles.